The van der Waals surface area contributed by atoms with Gasteiger partial charge in [-0.05, 0) is 23.8 Å². The van der Waals surface area contributed by atoms with Crippen LogP contribution in [0.3, 0.4) is 0 Å². The van der Waals surface area contributed by atoms with Crippen molar-refractivity contribution in [2.75, 3.05) is 0 Å². The monoisotopic (exact) mass is 222 g/mol. The van der Waals surface area contributed by atoms with Gasteiger partial charge in [0.05, 0.1) is 6.61 Å². The summed E-state index contributed by atoms with van der Waals surface area (Å²) in [7, 11) is 0. The van der Waals surface area contributed by atoms with Gasteiger partial charge in [-0.2, -0.15) is 0 Å². The molecule has 0 saturated heterocycles. The molecule has 1 aromatic carbocycles. The molecular weight excluding hydrogens is 212 g/mol. The number of aliphatic carboxylic acids is 1. The number of carbonyl (C=O) groups is 2. The van der Waals surface area contributed by atoms with Gasteiger partial charge in [-0.25, -0.2) is 4.79 Å². The van der Waals surface area contributed by atoms with E-state index >= 15 is 0 Å². The van der Waals surface area contributed by atoms with E-state index < -0.39 is 11.8 Å². The van der Waals surface area contributed by atoms with Crippen molar-refractivity contribution in [2.24, 2.45) is 0 Å². The van der Waals surface area contributed by atoms with Crippen LogP contribution in [0.1, 0.15) is 11.1 Å². The Hall–Kier alpha value is -2.14. The summed E-state index contributed by atoms with van der Waals surface area (Å²) in [5.74, 6) is -2.74. The lowest BCUT2D eigenvalue weighted by Crippen LogP contribution is -2.08. The number of aliphatic hydroxyl groups excluding tert-OH is 1. The fourth-order valence-electron chi connectivity index (χ4n) is 1.07. The molecule has 0 saturated carbocycles. The van der Waals surface area contributed by atoms with Gasteiger partial charge in [0, 0.05) is 5.56 Å². The molecule has 5 heteroatoms. The topological polar surface area (TPSA) is 94.8 Å². The van der Waals surface area contributed by atoms with Crippen molar-refractivity contribution in [1.82, 2.24) is 0 Å². The van der Waals surface area contributed by atoms with Crippen molar-refractivity contribution in [3.8, 4) is 5.75 Å². The van der Waals surface area contributed by atoms with Crippen LogP contribution in [0.25, 0.3) is 6.08 Å². The molecule has 0 aromatic heterocycles. The number of phenols is 1. The van der Waals surface area contributed by atoms with Crippen molar-refractivity contribution in [3.05, 3.63) is 35.4 Å². The Morgan fingerprint density at radius 3 is 2.50 bits per heavy atom. The number of aromatic hydroxyl groups is 1. The lowest BCUT2D eigenvalue weighted by atomic mass is 10.1. The second-order valence-corrected chi connectivity index (χ2v) is 3.05. The molecule has 5 nitrogen and oxygen atoms in total. The maximum absolute atomic E-state index is 10.7. The highest BCUT2D eigenvalue weighted by molar-refractivity contribution is 6.38. The minimum atomic E-state index is -1.55. The number of rotatable bonds is 4. The van der Waals surface area contributed by atoms with Crippen LogP contribution < -0.4 is 0 Å². The number of hydrogen-bond acceptors (Lipinski definition) is 4. The van der Waals surface area contributed by atoms with Crippen molar-refractivity contribution < 1.29 is 24.9 Å². The zero-order valence-electron chi connectivity index (χ0n) is 8.25. The standard InChI is InChI=1S/C11H10O5/c12-6-7-1-2-8(10(14)5-7)3-4-9(13)11(15)16/h1-5,12,14H,6H2,(H,15,16)/b4-3+. The van der Waals surface area contributed by atoms with Gasteiger partial charge in [-0.1, -0.05) is 12.1 Å². The van der Waals surface area contributed by atoms with Gasteiger partial charge in [0.15, 0.2) is 0 Å². The van der Waals surface area contributed by atoms with Crippen molar-refractivity contribution >= 4 is 17.8 Å². The normalized spacial score (nSPS) is 10.6. The van der Waals surface area contributed by atoms with E-state index in [0.29, 0.717) is 11.1 Å². The zero-order valence-corrected chi connectivity index (χ0v) is 8.25. The lowest BCUT2D eigenvalue weighted by molar-refractivity contribution is -0.146. The molecule has 0 radical (unpaired) electrons. The summed E-state index contributed by atoms with van der Waals surface area (Å²) in [6, 6.07) is 4.38. The maximum atomic E-state index is 10.7. The number of hydrogen-bond donors (Lipinski definition) is 3. The van der Waals surface area contributed by atoms with E-state index in [1.54, 1.807) is 6.07 Å². The highest BCUT2D eigenvalue weighted by Crippen LogP contribution is 2.20. The Morgan fingerprint density at radius 2 is 2.00 bits per heavy atom. The third-order valence-corrected chi connectivity index (χ3v) is 1.90. The second kappa shape index (κ2) is 5.09. The summed E-state index contributed by atoms with van der Waals surface area (Å²) in [6.45, 7) is -0.203. The molecule has 3 N–H and O–H groups in total. The Kier molecular flexibility index (Phi) is 3.79. The summed E-state index contributed by atoms with van der Waals surface area (Å²) in [5, 5.41) is 26.6. The van der Waals surface area contributed by atoms with Crippen LogP contribution in [0.15, 0.2) is 24.3 Å². The van der Waals surface area contributed by atoms with Gasteiger partial charge in [0.2, 0.25) is 0 Å². The van der Waals surface area contributed by atoms with Gasteiger partial charge in [0.1, 0.15) is 5.75 Å². The first-order chi connectivity index (χ1) is 7.54. The van der Waals surface area contributed by atoms with Crippen molar-refractivity contribution in [1.29, 1.82) is 0 Å². The van der Waals surface area contributed by atoms with Crippen LogP contribution in [0.5, 0.6) is 5.75 Å². The number of aliphatic hydroxyl groups is 1. The number of carboxylic acid groups (broad SMARTS) is 1. The number of carbonyl (C=O) groups excluding carboxylic acids is 1. The second-order valence-electron chi connectivity index (χ2n) is 3.05. The summed E-state index contributed by atoms with van der Waals surface area (Å²) in [4.78, 5) is 21.0. The maximum Gasteiger partial charge on any atom is 0.376 e. The Bertz CT molecular complexity index is 448. The highest BCUT2D eigenvalue weighted by Gasteiger charge is 2.06. The molecule has 84 valence electrons. The van der Waals surface area contributed by atoms with E-state index in [9.17, 15) is 14.7 Å². The molecule has 0 atom stereocenters. The predicted molar refractivity (Wildman–Crippen MR) is 55.7 cm³/mol. The van der Waals surface area contributed by atoms with Crippen LogP contribution in [-0.4, -0.2) is 27.1 Å². The van der Waals surface area contributed by atoms with Gasteiger partial charge in [-0.3, -0.25) is 4.79 Å². The van der Waals surface area contributed by atoms with Gasteiger partial charge in [0.25, 0.3) is 5.78 Å². The van der Waals surface area contributed by atoms with Gasteiger partial charge >= 0.3 is 5.97 Å². The SMILES string of the molecule is O=C(O)C(=O)/C=C/c1ccc(CO)cc1O. The van der Waals surface area contributed by atoms with E-state index in [2.05, 4.69) is 0 Å². The van der Waals surface area contributed by atoms with E-state index in [0.717, 1.165) is 6.08 Å². The van der Waals surface area contributed by atoms with Gasteiger partial charge in [-0.15, -0.1) is 0 Å². The van der Waals surface area contributed by atoms with E-state index in [1.807, 2.05) is 0 Å². The number of phenolic OH excluding ortho intramolecular Hbond substituents is 1. The predicted octanol–water partition coefficient (Wildman–Crippen LogP) is 0.551. The molecule has 1 rings (SSSR count). The van der Waals surface area contributed by atoms with Gasteiger partial charge < -0.3 is 15.3 Å². The average Bonchev–Trinajstić information content (AvgIpc) is 2.26. The van der Waals surface area contributed by atoms with E-state index in [1.165, 1.54) is 18.2 Å². The molecule has 0 spiro atoms. The Morgan fingerprint density at radius 1 is 1.31 bits per heavy atom. The first kappa shape index (κ1) is 11.9. The first-order valence-corrected chi connectivity index (χ1v) is 4.42. The molecule has 0 fully saturated rings. The molecular formula is C11H10O5. The Labute approximate surface area is 91.3 Å². The molecule has 1 aromatic rings. The number of benzene rings is 1. The molecule has 0 amide bonds. The quantitative estimate of drug-likeness (QED) is 0.511. The summed E-state index contributed by atoms with van der Waals surface area (Å²) in [5.41, 5.74) is 0.839. The summed E-state index contributed by atoms with van der Waals surface area (Å²) in [6.07, 6.45) is 2.06. The average molecular weight is 222 g/mol. The molecule has 0 aliphatic carbocycles. The van der Waals surface area contributed by atoms with E-state index in [4.69, 9.17) is 10.2 Å². The molecule has 16 heavy (non-hydrogen) atoms. The number of carboxylic acids is 1. The minimum absolute atomic E-state index is 0.124. The zero-order chi connectivity index (χ0) is 12.1. The summed E-state index contributed by atoms with van der Waals surface area (Å²) >= 11 is 0. The minimum Gasteiger partial charge on any atom is -0.507 e. The molecule has 0 bridgehead atoms. The highest BCUT2D eigenvalue weighted by atomic mass is 16.4. The fourth-order valence-corrected chi connectivity index (χ4v) is 1.07. The fraction of sp³-hybridized carbons (Fsp3) is 0.0909. The molecule has 0 aliphatic rings. The van der Waals surface area contributed by atoms with Crippen LogP contribution in [0.4, 0.5) is 0 Å². The van der Waals surface area contributed by atoms with E-state index in [-0.39, 0.29) is 12.4 Å². The third-order valence-electron chi connectivity index (χ3n) is 1.90. The summed E-state index contributed by atoms with van der Waals surface area (Å²) < 4.78 is 0. The van der Waals surface area contributed by atoms with Crippen LogP contribution in [0.2, 0.25) is 0 Å². The third kappa shape index (κ3) is 2.93. The van der Waals surface area contributed by atoms with Crippen LogP contribution >= 0.6 is 0 Å². The molecule has 0 unspecified atom stereocenters. The Balaban J connectivity index is 2.90. The largest absolute Gasteiger partial charge is 0.507 e. The lowest BCUT2D eigenvalue weighted by Gasteiger charge is -2.01. The van der Waals surface area contributed by atoms with Crippen LogP contribution in [-0.2, 0) is 16.2 Å². The smallest absolute Gasteiger partial charge is 0.376 e. The molecule has 0 aliphatic heterocycles. The van der Waals surface area contributed by atoms with Crippen molar-refractivity contribution in [3.63, 3.8) is 0 Å². The number of ketones is 1. The first-order valence-electron chi connectivity index (χ1n) is 4.42. The van der Waals surface area contributed by atoms with Crippen LogP contribution in [0, 0.1) is 0 Å². The molecule has 0 heterocycles. The van der Waals surface area contributed by atoms with Crippen molar-refractivity contribution in [2.45, 2.75) is 6.61 Å².